The van der Waals surface area contributed by atoms with Crippen LogP contribution in [0.5, 0.6) is 0 Å². The zero-order valence-electron chi connectivity index (χ0n) is 11.3. The fourth-order valence-corrected chi connectivity index (χ4v) is 2.17. The molecule has 0 saturated heterocycles. The SMILES string of the molecule is COC(=O)N/N=C\c1c(C)nn(-c2ccccc2Cl)c1Cl. The second-order valence-electron chi connectivity index (χ2n) is 4.01. The summed E-state index contributed by atoms with van der Waals surface area (Å²) in [7, 11) is 1.25. The number of hydrogen-bond acceptors (Lipinski definition) is 4. The van der Waals surface area contributed by atoms with Crippen LogP contribution in [-0.2, 0) is 4.74 Å². The molecule has 2 rings (SSSR count). The number of methoxy groups -OCH3 is 1. The number of hydrogen-bond donors (Lipinski definition) is 1. The highest BCUT2D eigenvalue weighted by molar-refractivity contribution is 6.34. The first-order valence-corrected chi connectivity index (χ1v) is 6.67. The van der Waals surface area contributed by atoms with Crippen LogP contribution in [0.3, 0.4) is 0 Å². The first kappa shape index (κ1) is 15.3. The van der Waals surface area contributed by atoms with Gasteiger partial charge in [0.2, 0.25) is 0 Å². The van der Waals surface area contributed by atoms with Crippen LogP contribution in [0.25, 0.3) is 5.69 Å². The van der Waals surface area contributed by atoms with E-state index in [-0.39, 0.29) is 0 Å². The lowest BCUT2D eigenvalue weighted by Gasteiger charge is -2.04. The van der Waals surface area contributed by atoms with Crippen molar-refractivity contribution < 1.29 is 9.53 Å². The van der Waals surface area contributed by atoms with Gasteiger partial charge in [0.15, 0.2) is 0 Å². The van der Waals surface area contributed by atoms with Gasteiger partial charge in [0, 0.05) is 0 Å². The molecule has 0 atom stereocenters. The van der Waals surface area contributed by atoms with Crippen molar-refractivity contribution in [2.24, 2.45) is 5.10 Å². The monoisotopic (exact) mass is 326 g/mol. The van der Waals surface area contributed by atoms with Crippen molar-refractivity contribution in [2.45, 2.75) is 6.92 Å². The van der Waals surface area contributed by atoms with Crippen molar-refractivity contribution in [2.75, 3.05) is 7.11 Å². The standard InChI is InChI=1S/C13H12Cl2N4O2/c1-8-9(7-16-17-13(20)21-2)12(15)19(18-8)11-6-4-3-5-10(11)14/h3-7H,1-2H3,(H,17,20)/b16-7-. The molecule has 1 heterocycles. The summed E-state index contributed by atoms with van der Waals surface area (Å²) in [5.41, 5.74) is 4.07. The van der Waals surface area contributed by atoms with Crippen LogP contribution in [0, 0.1) is 6.92 Å². The van der Waals surface area contributed by atoms with Crippen molar-refractivity contribution >= 4 is 35.5 Å². The Kier molecular flexibility index (Phi) is 4.82. The zero-order chi connectivity index (χ0) is 15.4. The van der Waals surface area contributed by atoms with Gasteiger partial charge in [-0.15, -0.1) is 0 Å². The lowest BCUT2D eigenvalue weighted by atomic mass is 10.3. The van der Waals surface area contributed by atoms with Gasteiger partial charge in [-0.2, -0.15) is 10.2 Å². The Labute approximate surface area is 131 Å². The van der Waals surface area contributed by atoms with Crippen LogP contribution < -0.4 is 5.43 Å². The number of amides is 1. The molecule has 0 unspecified atom stereocenters. The molecule has 0 bridgehead atoms. The molecule has 0 fully saturated rings. The van der Waals surface area contributed by atoms with Crippen LogP contribution in [0.4, 0.5) is 4.79 Å². The van der Waals surface area contributed by atoms with E-state index in [0.717, 1.165) is 0 Å². The molecule has 21 heavy (non-hydrogen) atoms. The molecule has 6 nitrogen and oxygen atoms in total. The van der Waals surface area contributed by atoms with E-state index in [9.17, 15) is 4.79 Å². The average Bonchev–Trinajstić information content (AvgIpc) is 2.75. The highest BCUT2D eigenvalue weighted by Gasteiger charge is 2.14. The molecule has 2 aromatic rings. The maximum Gasteiger partial charge on any atom is 0.427 e. The molecule has 0 saturated carbocycles. The third-order valence-electron chi connectivity index (χ3n) is 2.66. The Bertz CT molecular complexity index is 697. The molecule has 0 radical (unpaired) electrons. The quantitative estimate of drug-likeness (QED) is 0.695. The van der Waals surface area contributed by atoms with E-state index in [4.69, 9.17) is 23.2 Å². The number of hydrazone groups is 1. The Morgan fingerprint density at radius 2 is 2.14 bits per heavy atom. The third kappa shape index (κ3) is 3.34. The van der Waals surface area contributed by atoms with E-state index in [1.54, 1.807) is 19.1 Å². The van der Waals surface area contributed by atoms with Gasteiger partial charge >= 0.3 is 6.09 Å². The first-order valence-electron chi connectivity index (χ1n) is 5.91. The normalized spacial score (nSPS) is 10.9. The maximum absolute atomic E-state index is 10.9. The molecule has 1 aromatic carbocycles. The number of aryl methyl sites for hydroxylation is 1. The molecule has 1 aromatic heterocycles. The summed E-state index contributed by atoms with van der Waals surface area (Å²) in [6.45, 7) is 1.78. The van der Waals surface area contributed by atoms with Crippen LogP contribution in [-0.4, -0.2) is 29.2 Å². The largest absolute Gasteiger partial charge is 0.452 e. The van der Waals surface area contributed by atoms with E-state index in [1.165, 1.54) is 18.0 Å². The van der Waals surface area contributed by atoms with Gasteiger partial charge in [0.25, 0.3) is 0 Å². The summed E-state index contributed by atoms with van der Waals surface area (Å²) < 4.78 is 5.92. The van der Waals surface area contributed by atoms with Gasteiger partial charge in [-0.3, -0.25) is 0 Å². The van der Waals surface area contributed by atoms with Crippen molar-refractivity contribution in [1.29, 1.82) is 0 Å². The molecule has 1 amide bonds. The van der Waals surface area contributed by atoms with Gasteiger partial charge in [-0.1, -0.05) is 35.3 Å². The summed E-state index contributed by atoms with van der Waals surface area (Å²) in [5.74, 6) is 0. The van der Waals surface area contributed by atoms with Crippen molar-refractivity contribution in [3.63, 3.8) is 0 Å². The Morgan fingerprint density at radius 3 is 2.81 bits per heavy atom. The number of rotatable bonds is 3. The molecule has 8 heteroatoms. The summed E-state index contributed by atoms with van der Waals surface area (Å²) in [6, 6.07) is 7.20. The van der Waals surface area contributed by atoms with Crippen LogP contribution >= 0.6 is 23.2 Å². The Morgan fingerprint density at radius 1 is 1.43 bits per heavy atom. The minimum Gasteiger partial charge on any atom is -0.452 e. The number of para-hydroxylation sites is 1. The number of halogens is 2. The van der Waals surface area contributed by atoms with Gasteiger partial charge in [-0.05, 0) is 19.1 Å². The summed E-state index contributed by atoms with van der Waals surface area (Å²) in [6.07, 6.45) is 0.730. The molecule has 0 aliphatic heterocycles. The number of nitrogens with zero attached hydrogens (tertiary/aromatic N) is 3. The number of carbonyl (C=O) groups is 1. The summed E-state index contributed by atoms with van der Waals surface area (Å²) in [4.78, 5) is 10.9. The number of aromatic nitrogens is 2. The van der Waals surface area contributed by atoms with Crippen LogP contribution in [0.2, 0.25) is 10.2 Å². The predicted molar refractivity (Wildman–Crippen MR) is 81.5 cm³/mol. The minimum atomic E-state index is -0.668. The van der Waals surface area contributed by atoms with E-state index < -0.39 is 6.09 Å². The number of carbonyl (C=O) groups excluding carboxylic acids is 1. The van der Waals surface area contributed by atoms with E-state index in [1.807, 2.05) is 12.1 Å². The third-order valence-corrected chi connectivity index (χ3v) is 3.35. The zero-order valence-corrected chi connectivity index (χ0v) is 12.8. The molecule has 1 N–H and O–H groups in total. The molecule has 0 spiro atoms. The van der Waals surface area contributed by atoms with Crippen molar-refractivity contribution in [3.05, 3.63) is 45.7 Å². The summed E-state index contributed by atoms with van der Waals surface area (Å²) in [5, 5.41) is 8.94. The van der Waals surface area contributed by atoms with Gasteiger partial charge in [0.05, 0.1) is 35.3 Å². The number of benzene rings is 1. The van der Waals surface area contributed by atoms with Gasteiger partial charge < -0.3 is 4.74 Å². The maximum atomic E-state index is 10.9. The highest BCUT2D eigenvalue weighted by Crippen LogP contribution is 2.26. The fourth-order valence-electron chi connectivity index (χ4n) is 1.64. The van der Waals surface area contributed by atoms with Crippen LogP contribution in [0.1, 0.15) is 11.3 Å². The van der Waals surface area contributed by atoms with E-state index in [2.05, 4.69) is 20.4 Å². The Hall–Kier alpha value is -2.05. The Balaban J connectivity index is 2.34. The first-order chi connectivity index (χ1) is 10.0. The smallest absolute Gasteiger partial charge is 0.427 e. The lowest BCUT2D eigenvalue weighted by Crippen LogP contribution is -2.16. The molecule has 0 aliphatic rings. The second kappa shape index (κ2) is 6.60. The second-order valence-corrected chi connectivity index (χ2v) is 4.78. The van der Waals surface area contributed by atoms with E-state index in [0.29, 0.717) is 27.1 Å². The fraction of sp³-hybridized carbons (Fsp3) is 0.154. The topological polar surface area (TPSA) is 68.5 Å². The minimum absolute atomic E-state index is 0.344. The van der Waals surface area contributed by atoms with Crippen molar-refractivity contribution in [1.82, 2.24) is 15.2 Å². The van der Waals surface area contributed by atoms with Gasteiger partial charge in [0.1, 0.15) is 5.15 Å². The van der Waals surface area contributed by atoms with E-state index >= 15 is 0 Å². The molecule has 0 aliphatic carbocycles. The average molecular weight is 327 g/mol. The molecular formula is C13H12Cl2N4O2. The van der Waals surface area contributed by atoms with Crippen molar-refractivity contribution in [3.8, 4) is 5.69 Å². The lowest BCUT2D eigenvalue weighted by molar-refractivity contribution is 0.171. The summed E-state index contributed by atoms with van der Waals surface area (Å²) >= 11 is 12.4. The van der Waals surface area contributed by atoms with Crippen LogP contribution in [0.15, 0.2) is 29.4 Å². The number of nitrogens with one attached hydrogen (secondary N) is 1. The molecular weight excluding hydrogens is 315 g/mol. The number of ether oxygens (including phenoxy) is 1. The van der Waals surface area contributed by atoms with Gasteiger partial charge in [-0.25, -0.2) is 14.9 Å². The highest BCUT2D eigenvalue weighted by atomic mass is 35.5. The molecule has 110 valence electrons. The predicted octanol–water partition coefficient (Wildman–Crippen LogP) is 3.18.